The second-order valence-corrected chi connectivity index (χ2v) is 6.32. The van der Waals surface area contributed by atoms with Crippen molar-refractivity contribution in [1.82, 2.24) is 0 Å². The first-order chi connectivity index (χ1) is 13.0. The van der Waals surface area contributed by atoms with Crippen LogP contribution in [0.1, 0.15) is 18.9 Å². The lowest BCUT2D eigenvalue weighted by Crippen LogP contribution is -2.37. The Morgan fingerprint density at radius 1 is 1.19 bits per heavy atom. The molecule has 0 spiro atoms. The quantitative estimate of drug-likeness (QED) is 0.517. The van der Waals surface area contributed by atoms with Crippen LogP contribution in [0.25, 0.3) is 0 Å². The van der Waals surface area contributed by atoms with Gasteiger partial charge >= 0.3 is 0 Å². The molecule has 0 saturated heterocycles. The molecule has 6 nitrogen and oxygen atoms in total. The van der Waals surface area contributed by atoms with Crippen LogP contribution in [0.5, 0.6) is 0 Å². The molecule has 3 rings (SSSR count). The van der Waals surface area contributed by atoms with Gasteiger partial charge in [0.15, 0.2) is 0 Å². The summed E-state index contributed by atoms with van der Waals surface area (Å²) in [4.78, 5) is 28.0. The van der Waals surface area contributed by atoms with Crippen molar-refractivity contribution in [2.45, 2.75) is 19.8 Å². The highest BCUT2D eigenvalue weighted by Crippen LogP contribution is 2.28. The molecule has 27 heavy (non-hydrogen) atoms. The molecule has 2 N–H and O–H groups in total. The van der Waals surface area contributed by atoms with Crippen molar-refractivity contribution in [3.8, 4) is 6.07 Å². The zero-order valence-corrected chi connectivity index (χ0v) is 15.1. The minimum absolute atomic E-state index is 0.0984. The highest BCUT2D eigenvalue weighted by Gasteiger charge is 2.26. The third kappa shape index (κ3) is 3.82. The molecule has 1 aliphatic heterocycles. The zero-order chi connectivity index (χ0) is 19.4. The second kappa shape index (κ2) is 7.75. The molecule has 0 bridgehead atoms. The predicted molar refractivity (Wildman–Crippen MR) is 105 cm³/mol. The summed E-state index contributed by atoms with van der Waals surface area (Å²) in [6.45, 7) is 1.92. The Hall–Kier alpha value is -3.59. The van der Waals surface area contributed by atoms with Gasteiger partial charge < -0.3 is 10.6 Å². The number of carbonyl (C=O) groups is 2. The van der Waals surface area contributed by atoms with Gasteiger partial charge in [-0.2, -0.15) is 5.26 Å². The van der Waals surface area contributed by atoms with Gasteiger partial charge in [-0.1, -0.05) is 18.2 Å². The fraction of sp³-hybridized carbons (Fsp3) is 0.190. The number of hydrogen-bond donors (Lipinski definition) is 1. The van der Waals surface area contributed by atoms with E-state index in [2.05, 4.69) is 0 Å². The predicted octanol–water partition coefficient (Wildman–Crippen LogP) is 3.01. The van der Waals surface area contributed by atoms with Crippen LogP contribution < -0.4 is 15.5 Å². The molecular formula is C21H20N4O2. The number of benzene rings is 2. The number of nitrogens with zero attached hydrogens (tertiary/aromatic N) is 3. The Bertz CT molecular complexity index is 941. The number of nitrogens with two attached hydrogens (primary N) is 1. The Balaban J connectivity index is 1.96. The van der Waals surface area contributed by atoms with Crippen molar-refractivity contribution in [3.63, 3.8) is 0 Å². The molecule has 0 radical (unpaired) electrons. The van der Waals surface area contributed by atoms with E-state index >= 15 is 0 Å². The number of rotatable bonds is 3. The minimum Gasteiger partial charge on any atom is -0.399 e. The van der Waals surface area contributed by atoms with Crippen LogP contribution in [0.3, 0.4) is 0 Å². The van der Waals surface area contributed by atoms with E-state index in [9.17, 15) is 14.9 Å². The monoisotopic (exact) mass is 360 g/mol. The minimum atomic E-state index is -0.411. The summed E-state index contributed by atoms with van der Waals surface area (Å²) in [5, 5.41) is 9.57. The molecule has 0 atom stereocenters. The SMILES string of the molecule is CC(=O)N(/C=C(/C#N)C(=O)N1CCCc2ccccc21)c1ccc(N)cc1. The van der Waals surface area contributed by atoms with E-state index in [0.29, 0.717) is 17.9 Å². The number of amides is 2. The standard InChI is InChI=1S/C21H20N4O2/c1-15(26)25(19-10-8-18(23)9-11-19)14-17(13-22)21(27)24-12-4-6-16-5-2-3-7-20(16)24/h2-3,5,7-11,14H,4,6,12,23H2,1H3/b17-14-. The van der Waals surface area contributed by atoms with E-state index in [0.717, 1.165) is 24.1 Å². The first kappa shape index (κ1) is 18.2. The van der Waals surface area contributed by atoms with E-state index in [4.69, 9.17) is 5.73 Å². The number of nitriles is 1. The maximum absolute atomic E-state index is 13.0. The van der Waals surface area contributed by atoms with Crippen molar-refractivity contribution in [3.05, 3.63) is 65.9 Å². The summed E-state index contributed by atoms with van der Waals surface area (Å²) in [6, 6.07) is 16.3. The van der Waals surface area contributed by atoms with Crippen molar-refractivity contribution in [1.29, 1.82) is 5.26 Å². The summed E-state index contributed by atoms with van der Waals surface area (Å²) in [5.41, 5.74) is 8.59. The molecule has 136 valence electrons. The van der Waals surface area contributed by atoms with Gasteiger partial charge in [0.25, 0.3) is 5.91 Å². The van der Waals surface area contributed by atoms with Gasteiger partial charge in [0.05, 0.1) is 0 Å². The van der Waals surface area contributed by atoms with Crippen molar-refractivity contribution in [2.75, 3.05) is 22.1 Å². The molecule has 6 heteroatoms. The molecule has 2 aromatic rings. The van der Waals surface area contributed by atoms with Crippen LogP contribution in [-0.4, -0.2) is 18.4 Å². The maximum Gasteiger partial charge on any atom is 0.270 e. The van der Waals surface area contributed by atoms with Crippen LogP contribution in [0.15, 0.2) is 60.3 Å². The zero-order valence-electron chi connectivity index (χ0n) is 15.1. The van der Waals surface area contributed by atoms with E-state index in [1.807, 2.05) is 30.3 Å². The molecule has 0 aromatic heterocycles. The molecule has 0 aliphatic carbocycles. The van der Waals surface area contributed by atoms with Crippen LogP contribution in [-0.2, 0) is 16.0 Å². The van der Waals surface area contributed by atoms with Crippen LogP contribution in [0.4, 0.5) is 17.1 Å². The lowest BCUT2D eigenvalue weighted by molar-refractivity contribution is -0.116. The van der Waals surface area contributed by atoms with E-state index in [1.165, 1.54) is 18.0 Å². The maximum atomic E-state index is 13.0. The number of carbonyl (C=O) groups excluding carboxylic acids is 2. The van der Waals surface area contributed by atoms with E-state index < -0.39 is 5.91 Å². The topological polar surface area (TPSA) is 90.4 Å². The number of nitrogen functional groups attached to an aromatic ring is 1. The largest absolute Gasteiger partial charge is 0.399 e. The number of hydrogen-bond acceptors (Lipinski definition) is 4. The summed E-state index contributed by atoms with van der Waals surface area (Å²) >= 11 is 0. The summed E-state index contributed by atoms with van der Waals surface area (Å²) in [6.07, 6.45) is 3.03. The number of fused-ring (bicyclic) bond motifs is 1. The molecule has 1 aliphatic rings. The lowest BCUT2D eigenvalue weighted by atomic mass is 10.0. The summed E-state index contributed by atoms with van der Waals surface area (Å²) in [7, 11) is 0. The number of aryl methyl sites for hydroxylation is 1. The molecule has 2 amide bonds. The molecule has 0 saturated carbocycles. The van der Waals surface area contributed by atoms with Gasteiger partial charge in [0.2, 0.25) is 5.91 Å². The Labute approximate surface area is 158 Å². The first-order valence-corrected chi connectivity index (χ1v) is 8.68. The van der Waals surface area contributed by atoms with Gasteiger partial charge in [-0.05, 0) is 48.7 Å². The average Bonchev–Trinajstić information content (AvgIpc) is 2.68. The van der Waals surface area contributed by atoms with Crippen LogP contribution in [0.2, 0.25) is 0 Å². The average molecular weight is 360 g/mol. The third-order valence-corrected chi connectivity index (χ3v) is 4.47. The Morgan fingerprint density at radius 2 is 1.89 bits per heavy atom. The molecule has 2 aromatic carbocycles. The van der Waals surface area contributed by atoms with Crippen molar-refractivity contribution >= 4 is 28.9 Å². The van der Waals surface area contributed by atoms with Crippen LogP contribution in [0, 0.1) is 11.3 Å². The first-order valence-electron chi connectivity index (χ1n) is 8.68. The number of para-hydroxylation sites is 1. The molecule has 0 unspecified atom stereocenters. The van der Waals surface area contributed by atoms with Gasteiger partial charge in [-0.25, -0.2) is 0 Å². The fourth-order valence-electron chi connectivity index (χ4n) is 3.13. The van der Waals surface area contributed by atoms with Gasteiger partial charge in [0.1, 0.15) is 11.6 Å². The summed E-state index contributed by atoms with van der Waals surface area (Å²) < 4.78 is 0. The third-order valence-electron chi connectivity index (χ3n) is 4.47. The molecular weight excluding hydrogens is 340 g/mol. The highest BCUT2D eigenvalue weighted by molar-refractivity contribution is 6.10. The van der Waals surface area contributed by atoms with E-state index in [1.54, 1.807) is 29.2 Å². The van der Waals surface area contributed by atoms with Crippen LogP contribution >= 0.6 is 0 Å². The van der Waals surface area contributed by atoms with E-state index in [-0.39, 0.29) is 11.5 Å². The second-order valence-electron chi connectivity index (χ2n) is 6.32. The van der Waals surface area contributed by atoms with Crippen molar-refractivity contribution in [2.24, 2.45) is 0 Å². The van der Waals surface area contributed by atoms with Crippen molar-refractivity contribution < 1.29 is 9.59 Å². The van der Waals surface area contributed by atoms with Gasteiger partial charge in [0, 0.05) is 36.7 Å². The Kier molecular flexibility index (Phi) is 5.23. The molecule has 0 fully saturated rings. The summed E-state index contributed by atoms with van der Waals surface area (Å²) in [5.74, 6) is -0.717. The Morgan fingerprint density at radius 3 is 2.56 bits per heavy atom. The molecule has 1 heterocycles. The highest BCUT2D eigenvalue weighted by atomic mass is 16.2. The number of anilines is 3. The fourth-order valence-corrected chi connectivity index (χ4v) is 3.13. The van der Waals surface area contributed by atoms with Gasteiger partial charge in [-0.15, -0.1) is 0 Å². The van der Waals surface area contributed by atoms with Gasteiger partial charge in [-0.3, -0.25) is 14.5 Å². The smallest absolute Gasteiger partial charge is 0.270 e. The normalized spacial score (nSPS) is 13.5. The lowest BCUT2D eigenvalue weighted by Gasteiger charge is -2.29.